The molecule has 0 radical (unpaired) electrons. The number of nitrogen functional groups attached to an aromatic ring is 1. The van der Waals surface area contributed by atoms with E-state index in [4.69, 9.17) is 10.5 Å². The average Bonchev–Trinajstić information content (AvgIpc) is 3.39. The highest BCUT2D eigenvalue weighted by Crippen LogP contribution is 2.34. The lowest BCUT2D eigenvalue weighted by atomic mass is 10.0. The summed E-state index contributed by atoms with van der Waals surface area (Å²) in [5.41, 5.74) is 8.35. The first-order valence-electron chi connectivity index (χ1n) is 10.1. The van der Waals surface area contributed by atoms with Crippen molar-refractivity contribution in [1.29, 1.82) is 0 Å². The summed E-state index contributed by atoms with van der Waals surface area (Å²) < 4.78 is 22.0. The van der Waals surface area contributed by atoms with Crippen LogP contribution >= 0.6 is 0 Å². The van der Waals surface area contributed by atoms with Gasteiger partial charge in [0.1, 0.15) is 24.0 Å². The van der Waals surface area contributed by atoms with Crippen molar-refractivity contribution in [1.82, 2.24) is 19.5 Å². The van der Waals surface area contributed by atoms with Gasteiger partial charge in [-0.25, -0.2) is 19.3 Å². The first-order valence-corrected chi connectivity index (χ1v) is 10.1. The van der Waals surface area contributed by atoms with Crippen LogP contribution in [0, 0.1) is 5.82 Å². The lowest BCUT2D eigenvalue weighted by Crippen LogP contribution is -2.12. The highest BCUT2D eigenvalue weighted by molar-refractivity contribution is 5.87. The maximum Gasteiger partial charge on any atom is 0.165 e. The summed E-state index contributed by atoms with van der Waals surface area (Å²) >= 11 is 0. The zero-order valence-corrected chi connectivity index (χ0v) is 16.7. The van der Waals surface area contributed by atoms with E-state index in [-0.39, 0.29) is 25.6 Å². The number of rotatable bonds is 5. The van der Waals surface area contributed by atoms with E-state index >= 15 is 0 Å². The maximum atomic E-state index is 13.6. The Morgan fingerprint density at radius 3 is 2.94 bits per heavy atom. The van der Waals surface area contributed by atoms with Gasteiger partial charge in [0.2, 0.25) is 0 Å². The number of hydrogen-bond acceptors (Lipinski definition) is 6. The van der Waals surface area contributed by atoms with Crippen LogP contribution in [0.25, 0.3) is 21.9 Å². The maximum absolute atomic E-state index is 13.6. The standard InChI is InChI=1S/C22H23FN6O.CH4/c1-25-21-16-8-9-29(22(16)27-12-26-21)19-7-6-15(30-19)5-3-13-2-4-14-11-17(23)20(24)28-18(14)10-13;/h2,4,8-12,15,19H,3,5-7H2,1H3,(H2,24,28)(H,25,26,27);1H4. The zero-order valence-electron chi connectivity index (χ0n) is 16.7. The van der Waals surface area contributed by atoms with Crippen molar-refractivity contribution >= 4 is 33.6 Å². The van der Waals surface area contributed by atoms with E-state index < -0.39 is 5.82 Å². The minimum absolute atomic E-state index is 0. The molecule has 0 amide bonds. The lowest BCUT2D eigenvalue weighted by Gasteiger charge is -2.16. The van der Waals surface area contributed by atoms with E-state index in [0.29, 0.717) is 0 Å². The summed E-state index contributed by atoms with van der Waals surface area (Å²) in [6, 6.07) is 9.34. The van der Waals surface area contributed by atoms with Crippen molar-refractivity contribution < 1.29 is 9.13 Å². The Morgan fingerprint density at radius 2 is 2.10 bits per heavy atom. The van der Waals surface area contributed by atoms with Crippen LogP contribution in [-0.4, -0.2) is 32.7 Å². The SMILES string of the molecule is C.CNc1ncnc2c1ccn2C1CCC(CCc2ccc3cc(F)c(N)nc3c2)O1. The number of aryl methyl sites for hydroxylation is 1. The molecule has 1 saturated heterocycles. The zero-order chi connectivity index (χ0) is 20.7. The van der Waals surface area contributed by atoms with E-state index in [1.807, 2.05) is 37.5 Å². The van der Waals surface area contributed by atoms with E-state index in [2.05, 4.69) is 24.8 Å². The van der Waals surface area contributed by atoms with Crippen molar-refractivity contribution in [3.8, 4) is 0 Å². The molecule has 31 heavy (non-hydrogen) atoms. The second kappa shape index (κ2) is 8.47. The molecule has 0 aliphatic carbocycles. The van der Waals surface area contributed by atoms with Crippen LogP contribution in [0.2, 0.25) is 0 Å². The molecule has 0 saturated carbocycles. The highest BCUT2D eigenvalue weighted by Gasteiger charge is 2.27. The fourth-order valence-electron chi connectivity index (χ4n) is 4.19. The van der Waals surface area contributed by atoms with Crippen LogP contribution in [0.15, 0.2) is 42.9 Å². The molecular weight excluding hydrogens is 395 g/mol. The van der Waals surface area contributed by atoms with Gasteiger partial charge in [0.15, 0.2) is 11.6 Å². The molecule has 1 aliphatic rings. The third-order valence-electron chi connectivity index (χ3n) is 5.76. The number of aromatic nitrogens is 4. The normalized spacial score (nSPS) is 18.4. The quantitative estimate of drug-likeness (QED) is 0.485. The van der Waals surface area contributed by atoms with Gasteiger partial charge in [0.05, 0.1) is 17.0 Å². The highest BCUT2D eigenvalue weighted by atomic mass is 19.1. The number of nitrogens with one attached hydrogen (secondary N) is 1. The van der Waals surface area contributed by atoms with Gasteiger partial charge in [-0.3, -0.25) is 0 Å². The van der Waals surface area contributed by atoms with Gasteiger partial charge in [-0.05, 0) is 49.4 Å². The number of nitrogens with zero attached hydrogens (tertiary/aromatic N) is 4. The molecule has 4 heterocycles. The Hall–Kier alpha value is -3.26. The predicted octanol–water partition coefficient (Wildman–Crippen LogP) is 4.69. The van der Waals surface area contributed by atoms with Crippen LogP contribution < -0.4 is 11.1 Å². The fourth-order valence-corrected chi connectivity index (χ4v) is 4.19. The first kappa shape index (κ1) is 21.0. The van der Waals surface area contributed by atoms with Crippen LogP contribution in [0.3, 0.4) is 0 Å². The number of ether oxygens (including phenoxy) is 1. The van der Waals surface area contributed by atoms with Crippen molar-refractivity contribution in [2.24, 2.45) is 0 Å². The van der Waals surface area contributed by atoms with Gasteiger partial charge >= 0.3 is 0 Å². The molecule has 3 N–H and O–H groups in total. The molecule has 5 rings (SSSR count). The molecule has 2 atom stereocenters. The van der Waals surface area contributed by atoms with E-state index in [1.54, 1.807) is 6.33 Å². The molecule has 8 heteroatoms. The van der Waals surface area contributed by atoms with Gasteiger partial charge in [-0.1, -0.05) is 19.6 Å². The van der Waals surface area contributed by atoms with Crippen molar-refractivity contribution in [2.75, 3.05) is 18.1 Å². The summed E-state index contributed by atoms with van der Waals surface area (Å²) in [6.45, 7) is 0. The van der Waals surface area contributed by atoms with Crippen molar-refractivity contribution in [3.05, 3.63) is 54.2 Å². The van der Waals surface area contributed by atoms with Gasteiger partial charge in [-0.15, -0.1) is 0 Å². The molecule has 3 aromatic heterocycles. The minimum Gasteiger partial charge on any atom is -0.381 e. The lowest BCUT2D eigenvalue weighted by molar-refractivity contribution is 0.00120. The molecule has 7 nitrogen and oxygen atoms in total. The van der Waals surface area contributed by atoms with Gasteiger partial charge in [0, 0.05) is 18.6 Å². The molecule has 0 bridgehead atoms. The Balaban J connectivity index is 0.00000231. The van der Waals surface area contributed by atoms with E-state index in [9.17, 15) is 4.39 Å². The van der Waals surface area contributed by atoms with Crippen LogP contribution in [0.4, 0.5) is 16.0 Å². The van der Waals surface area contributed by atoms with Gasteiger partial charge < -0.3 is 20.4 Å². The molecule has 0 spiro atoms. The Kier molecular flexibility index (Phi) is 5.73. The molecule has 1 aromatic carbocycles. The number of halogens is 1. The number of anilines is 2. The van der Waals surface area contributed by atoms with Crippen LogP contribution in [0.1, 0.15) is 38.5 Å². The summed E-state index contributed by atoms with van der Waals surface area (Å²) in [5.74, 6) is 0.273. The molecular formula is C23H27FN6O. The number of benzene rings is 1. The summed E-state index contributed by atoms with van der Waals surface area (Å²) in [7, 11) is 1.86. The average molecular weight is 423 g/mol. The Labute approximate surface area is 180 Å². The number of nitrogens with two attached hydrogens (primary N) is 1. The first-order chi connectivity index (χ1) is 14.6. The van der Waals surface area contributed by atoms with E-state index in [1.165, 1.54) is 6.07 Å². The fraction of sp³-hybridized carbons (Fsp3) is 0.348. The summed E-state index contributed by atoms with van der Waals surface area (Å²) in [4.78, 5) is 12.9. The van der Waals surface area contributed by atoms with Gasteiger partial charge in [-0.2, -0.15) is 0 Å². The number of fused-ring (bicyclic) bond motifs is 2. The third-order valence-corrected chi connectivity index (χ3v) is 5.76. The smallest absolute Gasteiger partial charge is 0.165 e. The summed E-state index contributed by atoms with van der Waals surface area (Å²) in [6.07, 6.45) is 7.48. The number of hydrogen-bond donors (Lipinski definition) is 2. The van der Waals surface area contributed by atoms with Crippen molar-refractivity contribution in [2.45, 2.75) is 45.4 Å². The second-order valence-corrected chi connectivity index (χ2v) is 7.64. The second-order valence-electron chi connectivity index (χ2n) is 7.64. The largest absolute Gasteiger partial charge is 0.381 e. The minimum atomic E-state index is -0.481. The van der Waals surface area contributed by atoms with Crippen LogP contribution in [0.5, 0.6) is 0 Å². The topological polar surface area (TPSA) is 90.9 Å². The number of pyridine rings is 1. The van der Waals surface area contributed by atoms with Crippen LogP contribution in [-0.2, 0) is 11.2 Å². The Morgan fingerprint density at radius 1 is 1.23 bits per heavy atom. The summed E-state index contributed by atoms with van der Waals surface area (Å²) in [5, 5.41) is 4.85. The molecule has 4 aromatic rings. The molecule has 1 fully saturated rings. The van der Waals surface area contributed by atoms with Crippen molar-refractivity contribution in [3.63, 3.8) is 0 Å². The molecule has 2 unspecified atom stereocenters. The van der Waals surface area contributed by atoms with E-state index in [0.717, 1.165) is 59.0 Å². The molecule has 1 aliphatic heterocycles. The Bertz CT molecular complexity index is 1220. The monoisotopic (exact) mass is 422 g/mol. The van der Waals surface area contributed by atoms with Gasteiger partial charge in [0.25, 0.3) is 0 Å². The molecule has 162 valence electrons. The third kappa shape index (κ3) is 3.90. The predicted molar refractivity (Wildman–Crippen MR) is 121 cm³/mol.